The SMILES string of the molecule is CCC1CC(=C(c2ccc(F)cc2)c2ccc(SC)cc2)C(=O)O1. The Hall–Kier alpha value is -2.07. The minimum absolute atomic E-state index is 0.0755. The van der Waals surface area contributed by atoms with Crippen LogP contribution in [0.2, 0.25) is 0 Å². The Kier molecular flexibility index (Phi) is 5.05. The maximum Gasteiger partial charge on any atom is 0.335 e. The number of hydrogen-bond acceptors (Lipinski definition) is 3. The second kappa shape index (κ2) is 7.22. The van der Waals surface area contributed by atoms with Crippen LogP contribution in [0.5, 0.6) is 0 Å². The van der Waals surface area contributed by atoms with Crippen molar-refractivity contribution in [2.75, 3.05) is 6.26 Å². The number of esters is 1. The summed E-state index contributed by atoms with van der Waals surface area (Å²) < 4.78 is 18.8. The highest BCUT2D eigenvalue weighted by atomic mass is 32.2. The summed E-state index contributed by atoms with van der Waals surface area (Å²) in [5.74, 6) is -0.559. The lowest BCUT2D eigenvalue weighted by Crippen LogP contribution is -2.04. The summed E-state index contributed by atoms with van der Waals surface area (Å²) in [4.78, 5) is 13.5. The molecule has 1 unspecified atom stereocenters. The summed E-state index contributed by atoms with van der Waals surface area (Å²) in [6, 6.07) is 14.3. The van der Waals surface area contributed by atoms with Crippen LogP contribution >= 0.6 is 11.8 Å². The topological polar surface area (TPSA) is 26.3 Å². The summed E-state index contributed by atoms with van der Waals surface area (Å²) in [6.07, 6.45) is 3.33. The highest BCUT2D eigenvalue weighted by Gasteiger charge is 2.31. The number of carbonyl (C=O) groups excluding carboxylic acids is 1. The Morgan fingerprint density at radius 2 is 1.71 bits per heavy atom. The van der Waals surface area contributed by atoms with E-state index < -0.39 is 0 Å². The van der Waals surface area contributed by atoms with Crippen LogP contribution in [0.15, 0.2) is 59.0 Å². The predicted molar refractivity (Wildman–Crippen MR) is 95.4 cm³/mol. The smallest absolute Gasteiger partial charge is 0.335 e. The number of halogens is 1. The van der Waals surface area contributed by atoms with Gasteiger partial charge in [-0.05, 0) is 53.6 Å². The van der Waals surface area contributed by atoms with Crippen molar-refractivity contribution in [1.82, 2.24) is 0 Å². The van der Waals surface area contributed by atoms with Gasteiger partial charge in [-0.3, -0.25) is 0 Å². The fraction of sp³-hybridized carbons (Fsp3) is 0.250. The van der Waals surface area contributed by atoms with E-state index in [1.165, 1.54) is 12.1 Å². The molecule has 0 radical (unpaired) electrons. The van der Waals surface area contributed by atoms with Gasteiger partial charge in [0.2, 0.25) is 0 Å². The Labute approximate surface area is 145 Å². The van der Waals surface area contributed by atoms with E-state index in [9.17, 15) is 9.18 Å². The van der Waals surface area contributed by atoms with Gasteiger partial charge in [-0.15, -0.1) is 11.8 Å². The monoisotopic (exact) mass is 342 g/mol. The van der Waals surface area contributed by atoms with Crippen molar-refractivity contribution in [1.29, 1.82) is 0 Å². The average molecular weight is 342 g/mol. The lowest BCUT2D eigenvalue weighted by atomic mass is 9.91. The van der Waals surface area contributed by atoms with Gasteiger partial charge in [0.1, 0.15) is 11.9 Å². The minimum atomic E-state index is -0.290. The molecule has 2 aromatic carbocycles. The fourth-order valence-electron chi connectivity index (χ4n) is 2.90. The molecule has 2 nitrogen and oxygen atoms in total. The van der Waals surface area contributed by atoms with Crippen molar-refractivity contribution in [3.05, 3.63) is 71.0 Å². The number of hydrogen-bond donors (Lipinski definition) is 0. The fourth-order valence-corrected chi connectivity index (χ4v) is 3.30. The third kappa shape index (κ3) is 3.39. The van der Waals surface area contributed by atoms with Gasteiger partial charge in [0.15, 0.2) is 0 Å². The van der Waals surface area contributed by atoms with Gasteiger partial charge < -0.3 is 4.74 Å². The van der Waals surface area contributed by atoms with E-state index in [0.29, 0.717) is 12.0 Å². The van der Waals surface area contributed by atoms with Gasteiger partial charge in [0.25, 0.3) is 0 Å². The molecule has 1 aliphatic rings. The molecule has 0 bridgehead atoms. The maximum absolute atomic E-state index is 13.3. The average Bonchev–Trinajstić information content (AvgIpc) is 2.98. The minimum Gasteiger partial charge on any atom is -0.459 e. The molecular formula is C20H19FO2S. The Balaban J connectivity index is 2.13. The van der Waals surface area contributed by atoms with E-state index in [4.69, 9.17) is 4.74 Å². The van der Waals surface area contributed by atoms with Gasteiger partial charge in [0, 0.05) is 16.9 Å². The molecule has 0 aromatic heterocycles. The zero-order chi connectivity index (χ0) is 17.1. The van der Waals surface area contributed by atoms with E-state index in [1.54, 1.807) is 23.9 Å². The number of thioether (sulfide) groups is 1. The number of cyclic esters (lactones) is 1. The van der Waals surface area contributed by atoms with Gasteiger partial charge in [0.05, 0.1) is 0 Å². The normalized spacial score (nSPS) is 19.3. The number of carbonyl (C=O) groups is 1. The predicted octanol–water partition coefficient (Wildman–Crippen LogP) is 5.08. The molecule has 0 aliphatic carbocycles. The Morgan fingerprint density at radius 3 is 2.21 bits per heavy atom. The van der Waals surface area contributed by atoms with Gasteiger partial charge in [-0.2, -0.15) is 0 Å². The summed E-state index contributed by atoms with van der Waals surface area (Å²) in [7, 11) is 0. The van der Waals surface area contributed by atoms with Crippen LogP contribution in [0.4, 0.5) is 4.39 Å². The lowest BCUT2D eigenvalue weighted by Gasteiger charge is -2.12. The molecule has 1 heterocycles. The molecule has 0 saturated carbocycles. The zero-order valence-electron chi connectivity index (χ0n) is 13.7. The van der Waals surface area contributed by atoms with Gasteiger partial charge in [-0.25, -0.2) is 9.18 Å². The largest absolute Gasteiger partial charge is 0.459 e. The zero-order valence-corrected chi connectivity index (χ0v) is 14.5. The Bertz CT molecular complexity index is 763. The molecule has 1 fully saturated rings. The number of rotatable bonds is 4. The summed E-state index contributed by atoms with van der Waals surface area (Å²) >= 11 is 1.67. The van der Waals surface area contributed by atoms with Crippen molar-refractivity contribution >= 4 is 23.3 Å². The standard InChI is InChI=1S/C20H19FO2S/c1-3-16-12-18(20(22)23-16)19(13-4-8-15(21)9-5-13)14-6-10-17(24-2)11-7-14/h4-11,16H,3,12H2,1-2H3. The molecule has 0 spiro atoms. The molecular weight excluding hydrogens is 323 g/mol. The van der Waals surface area contributed by atoms with E-state index in [1.807, 2.05) is 37.4 Å². The first-order valence-corrected chi connectivity index (χ1v) is 9.19. The van der Waals surface area contributed by atoms with Crippen LogP contribution < -0.4 is 0 Å². The van der Waals surface area contributed by atoms with E-state index in [0.717, 1.165) is 28.0 Å². The first kappa shape index (κ1) is 16.8. The van der Waals surface area contributed by atoms with Crippen LogP contribution in [-0.2, 0) is 9.53 Å². The lowest BCUT2D eigenvalue weighted by molar-refractivity contribution is -0.138. The van der Waals surface area contributed by atoms with Gasteiger partial charge >= 0.3 is 5.97 Å². The quantitative estimate of drug-likeness (QED) is 0.440. The molecule has 3 rings (SSSR count). The first-order valence-electron chi connectivity index (χ1n) is 7.97. The first-order chi connectivity index (χ1) is 11.6. The highest BCUT2D eigenvalue weighted by molar-refractivity contribution is 7.98. The van der Waals surface area contributed by atoms with E-state index >= 15 is 0 Å². The van der Waals surface area contributed by atoms with Crippen molar-refractivity contribution in [3.63, 3.8) is 0 Å². The summed E-state index contributed by atoms with van der Waals surface area (Å²) in [6.45, 7) is 2.01. The number of ether oxygens (including phenoxy) is 1. The maximum atomic E-state index is 13.3. The van der Waals surface area contributed by atoms with Crippen LogP contribution in [0.25, 0.3) is 5.57 Å². The second-order valence-corrected chi connectivity index (χ2v) is 6.61. The molecule has 24 heavy (non-hydrogen) atoms. The third-order valence-corrected chi connectivity index (χ3v) is 4.96. The van der Waals surface area contributed by atoms with Crippen molar-refractivity contribution in [2.24, 2.45) is 0 Å². The molecule has 124 valence electrons. The van der Waals surface area contributed by atoms with E-state index in [-0.39, 0.29) is 17.9 Å². The van der Waals surface area contributed by atoms with Crippen LogP contribution in [0, 0.1) is 5.82 Å². The summed E-state index contributed by atoms with van der Waals surface area (Å²) in [5, 5.41) is 0. The molecule has 4 heteroatoms. The molecule has 0 N–H and O–H groups in total. The van der Waals surface area contributed by atoms with Crippen molar-refractivity contribution < 1.29 is 13.9 Å². The number of benzene rings is 2. The molecule has 1 saturated heterocycles. The van der Waals surface area contributed by atoms with Crippen LogP contribution in [-0.4, -0.2) is 18.3 Å². The van der Waals surface area contributed by atoms with E-state index in [2.05, 4.69) is 0 Å². The molecule has 1 aliphatic heterocycles. The highest BCUT2D eigenvalue weighted by Crippen LogP contribution is 2.35. The van der Waals surface area contributed by atoms with Crippen molar-refractivity contribution in [2.45, 2.75) is 30.8 Å². The molecule has 0 amide bonds. The summed E-state index contributed by atoms with van der Waals surface area (Å²) in [5.41, 5.74) is 3.29. The van der Waals surface area contributed by atoms with Gasteiger partial charge in [-0.1, -0.05) is 31.2 Å². The molecule has 1 atom stereocenters. The second-order valence-electron chi connectivity index (χ2n) is 5.73. The Morgan fingerprint density at radius 1 is 1.12 bits per heavy atom. The molecule has 2 aromatic rings. The third-order valence-electron chi connectivity index (χ3n) is 4.22. The van der Waals surface area contributed by atoms with Crippen molar-refractivity contribution in [3.8, 4) is 0 Å². The van der Waals surface area contributed by atoms with Crippen LogP contribution in [0.1, 0.15) is 30.9 Å². The van der Waals surface area contributed by atoms with Crippen LogP contribution in [0.3, 0.4) is 0 Å².